The zero-order valence-electron chi connectivity index (χ0n) is 12.2. The third-order valence-corrected chi connectivity index (χ3v) is 5.39. The van der Waals surface area contributed by atoms with Gasteiger partial charge in [-0.1, -0.05) is 31.2 Å². The van der Waals surface area contributed by atoms with E-state index in [1.165, 1.54) is 40.3 Å². The number of hydrogen-bond donors (Lipinski definition) is 1. The second-order valence-corrected chi connectivity index (χ2v) is 6.66. The largest absolute Gasteiger partial charge is 0.309 e. The molecule has 1 aromatic carbocycles. The average molecular weight is 286 g/mol. The van der Waals surface area contributed by atoms with Gasteiger partial charge < -0.3 is 5.32 Å². The van der Waals surface area contributed by atoms with E-state index in [0.29, 0.717) is 12.0 Å². The van der Waals surface area contributed by atoms with Gasteiger partial charge in [0.05, 0.1) is 0 Å². The quantitative estimate of drug-likeness (QED) is 0.887. The molecule has 1 heterocycles. The van der Waals surface area contributed by atoms with E-state index >= 15 is 0 Å². The minimum absolute atomic E-state index is 0.415. The summed E-state index contributed by atoms with van der Waals surface area (Å²) in [6.07, 6.45) is 5.64. The van der Waals surface area contributed by atoms with Crippen LogP contribution in [-0.4, -0.2) is 11.5 Å². The van der Waals surface area contributed by atoms with Crippen molar-refractivity contribution in [3.8, 4) is 0 Å². The molecular weight excluding hydrogens is 264 g/mol. The van der Waals surface area contributed by atoms with Crippen LogP contribution in [0.25, 0.3) is 0 Å². The van der Waals surface area contributed by atoms with Gasteiger partial charge in [-0.25, -0.2) is 4.98 Å². The van der Waals surface area contributed by atoms with E-state index < -0.39 is 0 Å². The maximum Gasteiger partial charge on any atom is 0.100 e. The van der Waals surface area contributed by atoms with Crippen LogP contribution in [0.2, 0.25) is 0 Å². The Labute approximate surface area is 125 Å². The van der Waals surface area contributed by atoms with Crippen molar-refractivity contribution >= 4 is 11.3 Å². The zero-order valence-corrected chi connectivity index (χ0v) is 13.0. The average Bonchev–Trinajstić information content (AvgIpc) is 3.10. The van der Waals surface area contributed by atoms with E-state index in [-0.39, 0.29) is 0 Å². The second kappa shape index (κ2) is 6.06. The molecule has 2 atom stereocenters. The maximum absolute atomic E-state index is 4.70. The first kappa shape index (κ1) is 13.8. The van der Waals surface area contributed by atoms with Crippen LogP contribution in [0.5, 0.6) is 0 Å². The van der Waals surface area contributed by atoms with Crippen molar-refractivity contribution in [2.24, 2.45) is 0 Å². The molecule has 0 fully saturated rings. The van der Waals surface area contributed by atoms with Crippen molar-refractivity contribution < 1.29 is 0 Å². The first-order chi connectivity index (χ1) is 9.79. The third kappa shape index (κ3) is 2.65. The fourth-order valence-electron chi connectivity index (χ4n) is 2.94. The highest BCUT2D eigenvalue weighted by Gasteiger charge is 2.26. The first-order valence-corrected chi connectivity index (χ1v) is 8.38. The van der Waals surface area contributed by atoms with Crippen molar-refractivity contribution in [2.45, 2.75) is 45.1 Å². The normalized spacial score (nSPS) is 19.0. The van der Waals surface area contributed by atoms with Gasteiger partial charge in [-0.2, -0.15) is 0 Å². The summed E-state index contributed by atoms with van der Waals surface area (Å²) < 4.78 is 0. The summed E-state index contributed by atoms with van der Waals surface area (Å²) in [7, 11) is 0. The highest BCUT2D eigenvalue weighted by atomic mass is 32.1. The summed E-state index contributed by atoms with van der Waals surface area (Å²) in [5.41, 5.74) is 2.99. The second-order valence-electron chi connectivity index (χ2n) is 5.57. The highest BCUT2D eigenvalue weighted by molar-refractivity contribution is 7.11. The van der Waals surface area contributed by atoms with Crippen LogP contribution in [0.3, 0.4) is 0 Å². The minimum Gasteiger partial charge on any atom is -0.309 e. The molecule has 2 aromatic rings. The van der Waals surface area contributed by atoms with E-state index in [9.17, 15) is 0 Å². The molecule has 0 amide bonds. The minimum atomic E-state index is 0.415. The number of nitrogens with zero attached hydrogens (tertiary/aromatic N) is 1. The molecule has 0 bridgehead atoms. The van der Waals surface area contributed by atoms with Gasteiger partial charge in [-0.05, 0) is 43.9 Å². The molecule has 20 heavy (non-hydrogen) atoms. The molecule has 1 aromatic heterocycles. The van der Waals surface area contributed by atoms with E-state index in [4.69, 9.17) is 4.98 Å². The molecular formula is C17H22N2S. The Hall–Kier alpha value is -1.19. The van der Waals surface area contributed by atoms with Crippen LogP contribution in [0, 0.1) is 0 Å². The maximum atomic E-state index is 4.70. The summed E-state index contributed by atoms with van der Waals surface area (Å²) in [4.78, 5) is 6.06. The van der Waals surface area contributed by atoms with Crippen molar-refractivity contribution in [2.75, 3.05) is 6.54 Å². The van der Waals surface area contributed by atoms with Gasteiger partial charge in [-0.15, -0.1) is 11.3 Å². The Morgan fingerprint density at radius 3 is 3.10 bits per heavy atom. The molecule has 2 unspecified atom stereocenters. The SMILES string of the molecule is CCCNC(C)c1cnc(C2CCc3ccccc32)s1. The molecule has 0 saturated heterocycles. The Kier molecular flexibility index (Phi) is 4.18. The van der Waals surface area contributed by atoms with Crippen LogP contribution >= 0.6 is 11.3 Å². The molecule has 1 aliphatic rings. The zero-order chi connectivity index (χ0) is 13.9. The number of nitrogens with one attached hydrogen (secondary N) is 1. The number of rotatable bonds is 5. The van der Waals surface area contributed by atoms with E-state index in [2.05, 4.69) is 49.6 Å². The predicted octanol–water partition coefficient (Wildman–Crippen LogP) is 4.28. The smallest absolute Gasteiger partial charge is 0.100 e. The van der Waals surface area contributed by atoms with Crippen LogP contribution < -0.4 is 5.32 Å². The third-order valence-electron chi connectivity index (χ3n) is 4.10. The fraction of sp³-hybridized carbons (Fsp3) is 0.471. The molecule has 1 N–H and O–H groups in total. The number of aromatic nitrogens is 1. The fourth-order valence-corrected chi connectivity index (χ4v) is 4.04. The monoisotopic (exact) mass is 286 g/mol. The van der Waals surface area contributed by atoms with Gasteiger partial charge in [0.1, 0.15) is 5.01 Å². The summed E-state index contributed by atoms with van der Waals surface area (Å²) in [6, 6.07) is 9.24. The Bertz CT molecular complexity index is 576. The summed E-state index contributed by atoms with van der Waals surface area (Å²) in [5.74, 6) is 0.517. The molecule has 3 rings (SSSR count). The highest BCUT2D eigenvalue weighted by Crippen LogP contribution is 2.40. The molecule has 1 aliphatic carbocycles. The molecule has 0 aliphatic heterocycles. The standard InChI is InChI=1S/C17H22N2S/c1-3-10-18-12(2)16-11-19-17(20-16)15-9-8-13-6-4-5-7-14(13)15/h4-7,11-12,15,18H,3,8-10H2,1-2H3. The van der Waals surface area contributed by atoms with Crippen molar-refractivity contribution in [3.05, 3.63) is 51.5 Å². The molecule has 0 spiro atoms. The Morgan fingerprint density at radius 1 is 1.40 bits per heavy atom. The van der Waals surface area contributed by atoms with E-state index in [1.54, 1.807) is 0 Å². The van der Waals surface area contributed by atoms with E-state index in [0.717, 1.165) is 6.54 Å². The van der Waals surface area contributed by atoms with E-state index in [1.807, 2.05) is 11.3 Å². The van der Waals surface area contributed by atoms with Crippen molar-refractivity contribution in [1.82, 2.24) is 10.3 Å². The summed E-state index contributed by atoms with van der Waals surface area (Å²) >= 11 is 1.88. The van der Waals surface area contributed by atoms with Crippen LogP contribution in [-0.2, 0) is 6.42 Å². The van der Waals surface area contributed by atoms with Gasteiger partial charge in [-0.3, -0.25) is 0 Å². The molecule has 2 nitrogen and oxygen atoms in total. The number of benzene rings is 1. The Balaban J connectivity index is 1.78. The first-order valence-electron chi connectivity index (χ1n) is 7.56. The van der Waals surface area contributed by atoms with Crippen molar-refractivity contribution in [3.63, 3.8) is 0 Å². The number of hydrogen-bond acceptors (Lipinski definition) is 3. The van der Waals surface area contributed by atoms with Crippen LogP contribution in [0.4, 0.5) is 0 Å². The molecule has 0 radical (unpaired) electrons. The van der Waals surface area contributed by atoms with Gasteiger partial charge in [0, 0.05) is 23.0 Å². The lowest BCUT2D eigenvalue weighted by molar-refractivity contribution is 0.577. The number of aryl methyl sites for hydroxylation is 1. The molecule has 106 valence electrons. The van der Waals surface area contributed by atoms with Crippen LogP contribution in [0.1, 0.15) is 59.7 Å². The Morgan fingerprint density at radius 2 is 2.25 bits per heavy atom. The van der Waals surface area contributed by atoms with Gasteiger partial charge in [0.25, 0.3) is 0 Å². The van der Waals surface area contributed by atoms with Crippen LogP contribution in [0.15, 0.2) is 30.5 Å². The van der Waals surface area contributed by atoms with Gasteiger partial charge >= 0.3 is 0 Å². The lowest BCUT2D eigenvalue weighted by atomic mass is 10.0. The lowest BCUT2D eigenvalue weighted by Crippen LogP contribution is -2.18. The topological polar surface area (TPSA) is 24.9 Å². The summed E-state index contributed by atoms with van der Waals surface area (Å²) in [5, 5.41) is 4.83. The molecule has 3 heteroatoms. The molecule has 0 saturated carbocycles. The van der Waals surface area contributed by atoms with Gasteiger partial charge in [0.2, 0.25) is 0 Å². The summed E-state index contributed by atoms with van der Waals surface area (Å²) in [6.45, 7) is 5.50. The number of fused-ring (bicyclic) bond motifs is 1. The predicted molar refractivity (Wildman–Crippen MR) is 85.4 cm³/mol. The van der Waals surface area contributed by atoms with Crippen molar-refractivity contribution in [1.29, 1.82) is 0 Å². The lowest BCUT2D eigenvalue weighted by Gasteiger charge is -2.10. The number of thiazole rings is 1. The van der Waals surface area contributed by atoms with Gasteiger partial charge in [0.15, 0.2) is 0 Å².